The van der Waals surface area contributed by atoms with Crippen molar-refractivity contribution in [1.29, 1.82) is 0 Å². The zero-order chi connectivity index (χ0) is 43.5. The Hall–Kier alpha value is -5.53. The molecule has 6 rings (SSSR count). The first-order chi connectivity index (χ1) is 28.5. The maximum absolute atomic E-state index is 14.5. The van der Waals surface area contributed by atoms with Gasteiger partial charge in [0.2, 0.25) is 12.3 Å². The Balaban J connectivity index is 1.57. The van der Waals surface area contributed by atoms with Crippen LogP contribution in [-0.4, -0.2) is 102 Å². The van der Waals surface area contributed by atoms with E-state index in [1.807, 2.05) is 26.0 Å². The van der Waals surface area contributed by atoms with Gasteiger partial charge in [0.25, 0.3) is 5.91 Å². The molecule has 320 valence electrons. The molecule has 0 saturated carbocycles. The third-order valence-corrected chi connectivity index (χ3v) is 11.4. The maximum atomic E-state index is 14.5. The molecular weight excluding hydrogens is 761 g/mol. The van der Waals surface area contributed by atoms with Gasteiger partial charge in [0, 0.05) is 61.9 Å². The molecule has 13 nitrogen and oxygen atoms in total. The van der Waals surface area contributed by atoms with E-state index in [0.717, 1.165) is 45.4 Å². The highest BCUT2D eigenvalue weighted by molar-refractivity contribution is 5.96. The number of fused-ring (bicyclic) bond motifs is 6. The Morgan fingerprint density at radius 1 is 1.05 bits per heavy atom. The van der Waals surface area contributed by atoms with E-state index in [-0.39, 0.29) is 18.9 Å². The molecule has 60 heavy (non-hydrogen) atoms. The van der Waals surface area contributed by atoms with Gasteiger partial charge in [-0.1, -0.05) is 64.1 Å². The van der Waals surface area contributed by atoms with Crippen molar-refractivity contribution in [3.05, 3.63) is 77.4 Å². The number of carbonyl (C=O) groups excluding carboxylic acids is 5. The van der Waals surface area contributed by atoms with E-state index in [4.69, 9.17) is 9.47 Å². The van der Waals surface area contributed by atoms with Gasteiger partial charge in [-0.15, -0.1) is 0 Å². The largest absolute Gasteiger partial charge is 0.464 e. The Kier molecular flexibility index (Phi) is 13.5. The predicted octanol–water partition coefficient (Wildman–Crippen LogP) is 5.74. The van der Waals surface area contributed by atoms with Crippen LogP contribution in [0.2, 0.25) is 0 Å². The predicted molar refractivity (Wildman–Crippen MR) is 232 cm³/mol. The van der Waals surface area contributed by atoms with E-state index in [1.54, 1.807) is 6.07 Å². The first kappa shape index (κ1) is 44.0. The molecule has 2 aliphatic rings. The van der Waals surface area contributed by atoms with Crippen LogP contribution in [0.25, 0.3) is 33.3 Å². The number of esters is 2. The minimum absolute atomic E-state index is 0.0241. The molecule has 3 amide bonds. The van der Waals surface area contributed by atoms with Crippen LogP contribution < -0.4 is 15.5 Å². The molecule has 3 aromatic carbocycles. The summed E-state index contributed by atoms with van der Waals surface area (Å²) in [6, 6.07) is 17.6. The molecule has 0 spiro atoms. The van der Waals surface area contributed by atoms with Gasteiger partial charge in [-0.3, -0.25) is 29.0 Å². The second-order valence-electron chi connectivity index (χ2n) is 17.6. The second kappa shape index (κ2) is 18.4. The summed E-state index contributed by atoms with van der Waals surface area (Å²) in [7, 11) is 5.66. The lowest BCUT2D eigenvalue weighted by Gasteiger charge is -2.36. The van der Waals surface area contributed by atoms with Gasteiger partial charge >= 0.3 is 11.9 Å². The summed E-state index contributed by atoms with van der Waals surface area (Å²) < 4.78 is 14.2. The summed E-state index contributed by atoms with van der Waals surface area (Å²) in [5.74, 6) is -1.85. The minimum atomic E-state index is -1.11. The lowest BCUT2D eigenvalue weighted by molar-refractivity contribution is -0.155. The van der Waals surface area contributed by atoms with Gasteiger partial charge in [-0.05, 0) is 98.3 Å². The van der Waals surface area contributed by atoms with Crippen LogP contribution in [0.1, 0.15) is 71.1 Å². The molecule has 4 aromatic rings. The standard InChI is InChI=1S/C47H60N6O7/c1-10-52-41-18-17-32-24-37(41)38(43(52)36-15-12-11-14-33(36)26-50(7)8)25-47(5,6)27-59-46(58)39-16-13-19-53(49-39)45(57)40(48-44(56)42(29(2)3)51(9)28-54)22-31-20-34(32)23-35(21-31)60-30(4)55/h11-12,14-15,17-18,20-21,23-24,28-29,39-40,42,49H,10,13,16,19,22,25-27H2,1-9H3,(H,48,56)/t39-,40-,42-/m0/s1. The van der Waals surface area contributed by atoms with E-state index >= 15 is 0 Å². The van der Waals surface area contributed by atoms with E-state index in [0.29, 0.717) is 50.1 Å². The van der Waals surface area contributed by atoms with Gasteiger partial charge in [0.05, 0.1) is 12.3 Å². The number of aromatic nitrogens is 1. The summed E-state index contributed by atoms with van der Waals surface area (Å²) in [5, 5.41) is 5.39. The number of likely N-dealkylation sites (N-methyl/N-ethyl adjacent to an activating group) is 1. The van der Waals surface area contributed by atoms with E-state index in [9.17, 15) is 24.0 Å². The fraction of sp³-hybridized carbons (Fsp3) is 0.468. The topological polar surface area (TPSA) is 143 Å². The number of hydrogen-bond donors (Lipinski definition) is 2. The first-order valence-electron chi connectivity index (χ1n) is 20.9. The Morgan fingerprint density at radius 2 is 1.80 bits per heavy atom. The van der Waals surface area contributed by atoms with E-state index in [2.05, 4.69) is 97.5 Å². The molecule has 0 radical (unpaired) electrons. The number of amides is 3. The smallest absolute Gasteiger partial charge is 0.324 e. The number of nitrogens with one attached hydrogen (secondary N) is 2. The average molecular weight is 821 g/mol. The number of carbonyl (C=O) groups is 5. The fourth-order valence-electron chi connectivity index (χ4n) is 8.74. The van der Waals surface area contributed by atoms with Crippen LogP contribution in [0.5, 0.6) is 5.75 Å². The molecule has 2 aliphatic heterocycles. The van der Waals surface area contributed by atoms with Crippen molar-refractivity contribution in [1.82, 2.24) is 30.1 Å². The Bertz CT molecular complexity index is 2260. The number of cyclic esters (lactones) is 1. The van der Waals surface area contributed by atoms with Crippen LogP contribution in [0.15, 0.2) is 60.7 Å². The van der Waals surface area contributed by atoms with Crippen LogP contribution in [0.4, 0.5) is 0 Å². The molecule has 2 N–H and O–H groups in total. The second-order valence-corrected chi connectivity index (χ2v) is 17.6. The Labute approximate surface area is 353 Å². The number of hydrogen-bond acceptors (Lipinski definition) is 9. The van der Waals surface area contributed by atoms with Gasteiger partial charge < -0.3 is 29.2 Å². The molecule has 6 bridgehead atoms. The van der Waals surface area contributed by atoms with Gasteiger partial charge in [0.1, 0.15) is 23.9 Å². The molecule has 0 aliphatic carbocycles. The highest BCUT2D eigenvalue weighted by Crippen LogP contribution is 2.41. The molecule has 1 aromatic heterocycles. The van der Waals surface area contributed by atoms with Crippen molar-refractivity contribution in [2.24, 2.45) is 11.3 Å². The lowest BCUT2D eigenvalue weighted by Crippen LogP contribution is -2.61. The average Bonchev–Trinajstić information content (AvgIpc) is 3.49. The number of nitrogens with zero attached hydrogens (tertiary/aromatic N) is 4. The number of rotatable bonds is 10. The van der Waals surface area contributed by atoms with Crippen LogP contribution in [0.3, 0.4) is 0 Å². The molecule has 3 atom stereocenters. The molecule has 3 heterocycles. The number of hydrazine groups is 1. The maximum Gasteiger partial charge on any atom is 0.324 e. The number of ether oxygens (including phenoxy) is 2. The fourth-order valence-corrected chi connectivity index (χ4v) is 8.74. The van der Waals surface area contributed by atoms with E-state index < -0.39 is 47.3 Å². The SMILES string of the molecule is CCn1c(-c2ccccc2CN(C)C)c2c3cc(ccc31)-c1cc(cc(OC(C)=O)c1)C[C@H](NC(=O)[C@H](C(C)C)N(C)C=O)C(=O)N1CCC[C@H](N1)C(=O)OCC(C)(C)C2. The van der Waals surface area contributed by atoms with Crippen LogP contribution in [0, 0.1) is 11.3 Å². The Morgan fingerprint density at radius 3 is 2.48 bits per heavy atom. The molecular formula is C47H60N6O7. The summed E-state index contributed by atoms with van der Waals surface area (Å²) >= 11 is 0. The van der Waals surface area contributed by atoms with Gasteiger partial charge in [-0.2, -0.15) is 0 Å². The third kappa shape index (κ3) is 9.74. The minimum Gasteiger partial charge on any atom is -0.464 e. The molecule has 0 unspecified atom stereocenters. The number of benzene rings is 3. The third-order valence-electron chi connectivity index (χ3n) is 11.4. The normalized spacial score (nSPS) is 18.8. The van der Waals surface area contributed by atoms with Crippen molar-refractivity contribution >= 4 is 41.1 Å². The van der Waals surface area contributed by atoms with Crippen molar-refractivity contribution in [3.63, 3.8) is 0 Å². The molecule has 1 saturated heterocycles. The van der Waals surface area contributed by atoms with Crippen LogP contribution >= 0.6 is 0 Å². The van der Waals surface area contributed by atoms with Gasteiger partial charge in [-0.25, -0.2) is 5.43 Å². The number of aryl methyl sites for hydroxylation is 1. The van der Waals surface area contributed by atoms with Crippen molar-refractivity contribution in [2.45, 2.75) is 98.4 Å². The van der Waals surface area contributed by atoms with Crippen LogP contribution in [-0.2, 0) is 54.6 Å². The highest BCUT2D eigenvalue weighted by Gasteiger charge is 2.37. The summed E-state index contributed by atoms with van der Waals surface area (Å²) in [6.45, 7) is 13.3. The quantitative estimate of drug-likeness (QED) is 0.116. The lowest BCUT2D eigenvalue weighted by atomic mass is 9.84. The highest BCUT2D eigenvalue weighted by atomic mass is 16.5. The molecule has 13 heteroatoms. The zero-order valence-electron chi connectivity index (χ0n) is 36.5. The first-order valence-corrected chi connectivity index (χ1v) is 20.9. The molecule has 1 fully saturated rings. The zero-order valence-corrected chi connectivity index (χ0v) is 36.5. The van der Waals surface area contributed by atoms with Crippen molar-refractivity contribution < 1.29 is 33.4 Å². The summed E-state index contributed by atoms with van der Waals surface area (Å²) in [4.78, 5) is 70.0. The monoisotopic (exact) mass is 820 g/mol. The van der Waals surface area contributed by atoms with Gasteiger partial charge in [0.15, 0.2) is 0 Å². The summed E-state index contributed by atoms with van der Waals surface area (Å²) in [5.41, 5.74) is 10.5. The summed E-state index contributed by atoms with van der Waals surface area (Å²) in [6.07, 6.45) is 2.21. The van der Waals surface area contributed by atoms with Crippen molar-refractivity contribution in [2.75, 3.05) is 34.3 Å². The van der Waals surface area contributed by atoms with E-state index in [1.165, 1.54) is 29.4 Å². The van der Waals surface area contributed by atoms with Crippen molar-refractivity contribution in [3.8, 4) is 28.1 Å².